The first-order valence-corrected chi connectivity index (χ1v) is 7.27. The highest BCUT2D eigenvalue weighted by molar-refractivity contribution is 5.74. The quantitative estimate of drug-likeness (QED) is 0.927. The van der Waals surface area contributed by atoms with Crippen LogP contribution < -0.4 is 5.32 Å². The lowest BCUT2D eigenvalue weighted by Crippen LogP contribution is -2.48. The van der Waals surface area contributed by atoms with Gasteiger partial charge in [0.25, 0.3) is 5.92 Å². The van der Waals surface area contributed by atoms with Gasteiger partial charge in [-0.3, -0.25) is 0 Å². The van der Waals surface area contributed by atoms with Gasteiger partial charge < -0.3 is 10.2 Å². The summed E-state index contributed by atoms with van der Waals surface area (Å²) >= 11 is 0. The largest absolute Gasteiger partial charge is 0.328 e. The first-order chi connectivity index (χ1) is 9.96. The topological polar surface area (TPSA) is 63.1 Å². The Morgan fingerprint density at radius 1 is 1.43 bits per heavy atom. The summed E-state index contributed by atoms with van der Waals surface area (Å²) in [6, 6.07) is -0.578. The van der Waals surface area contributed by atoms with Crippen molar-refractivity contribution >= 4 is 6.03 Å². The van der Waals surface area contributed by atoms with Crippen molar-refractivity contribution in [1.82, 2.24) is 25.0 Å². The molecule has 8 heteroatoms. The predicted molar refractivity (Wildman–Crippen MR) is 73.0 cm³/mol. The van der Waals surface area contributed by atoms with Gasteiger partial charge in [0, 0.05) is 32.5 Å². The van der Waals surface area contributed by atoms with Crippen molar-refractivity contribution in [1.29, 1.82) is 0 Å². The van der Waals surface area contributed by atoms with E-state index in [1.165, 1.54) is 11.2 Å². The first-order valence-electron chi connectivity index (χ1n) is 7.27. The molecule has 2 amide bonds. The third-order valence-corrected chi connectivity index (χ3v) is 3.74. The summed E-state index contributed by atoms with van der Waals surface area (Å²) < 4.78 is 27.9. The molecule has 2 heterocycles. The average molecular weight is 301 g/mol. The highest BCUT2D eigenvalue weighted by atomic mass is 19.3. The lowest BCUT2D eigenvalue weighted by atomic mass is 10.1. The smallest absolute Gasteiger partial charge is 0.317 e. The van der Waals surface area contributed by atoms with E-state index >= 15 is 0 Å². The normalized spacial score (nSPS) is 19.3. The van der Waals surface area contributed by atoms with E-state index in [0.717, 1.165) is 0 Å². The fraction of sp³-hybridized carbons (Fsp3) is 0.769. The van der Waals surface area contributed by atoms with Crippen LogP contribution in [0, 0.1) is 0 Å². The number of hydrogen-bond donors (Lipinski definition) is 1. The van der Waals surface area contributed by atoms with Crippen molar-refractivity contribution in [3.63, 3.8) is 0 Å². The molecule has 2 rings (SSSR count). The minimum absolute atomic E-state index is 0.0791. The van der Waals surface area contributed by atoms with E-state index in [4.69, 9.17) is 0 Å². The summed E-state index contributed by atoms with van der Waals surface area (Å²) in [5.74, 6) is -1.96. The summed E-state index contributed by atoms with van der Waals surface area (Å²) in [4.78, 5) is 17.8. The molecule has 0 bridgehead atoms. The molecule has 1 N–H and O–H groups in total. The molecule has 1 aromatic heterocycles. The second kappa shape index (κ2) is 6.36. The molecule has 1 aromatic rings. The Balaban J connectivity index is 1.97. The van der Waals surface area contributed by atoms with Crippen molar-refractivity contribution in [3.8, 4) is 0 Å². The number of rotatable bonds is 4. The fourth-order valence-corrected chi connectivity index (χ4v) is 2.41. The molecule has 0 aromatic carbocycles. The number of amides is 2. The number of nitrogens with one attached hydrogen (secondary N) is 1. The zero-order chi connectivity index (χ0) is 15.5. The van der Waals surface area contributed by atoms with Crippen LogP contribution in [0.4, 0.5) is 13.6 Å². The summed E-state index contributed by atoms with van der Waals surface area (Å²) in [5.41, 5.74) is 0. The van der Waals surface area contributed by atoms with Crippen molar-refractivity contribution in [2.75, 3.05) is 13.1 Å². The zero-order valence-electron chi connectivity index (χ0n) is 12.4. The number of carbonyl (C=O) groups excluding carboxylic acids is 1. The van der Waals surface area contributed by atoms with Gasteiger partial charge in [0.15, 0.2) is 0 Å². The SMILES string of the molecule is CC[C@H](NC(=O)N1CCC(F)(F)CC1)c1ncnn1CC. The standard InChI is InChI=1S/C13H21F2N5O/c1-3-10(11-16-9-17-20(11)4-2)18-12(21)19-7-5-13(14,15)6-8-19/h9-10H,3-8H2,1-2H3,(H,18,21)/t10-/m0/s1. The molecule has 1 aliphatic rings. The van der Waals surface area contributed by atoms with Gasteiger partial charge in [-0.2, -0.15) is 5.10 Å². The Morgan fingerprint density at radius 3 is 2.67 bits per heavy atom. The Hall–Kier alpha value is -1.73. The van der Waals surface area contributed by atoms with Gasteiger partial charge in [-0.05, 0) is 13.3 Å². The molecular formula is C13H21F2N5O. The monoisotopic (exact) mass is 301 g/mol. The van der Waals surface area contributed by atoms with E-state index in [1.54, 1.807) is 4.68 Å². The van der Waals surface area contributed by atoms with Gasteiger partial charge in [-0.15, -0.1) is 0 Å². The highest BCUT2D eigenvalue weighted by Gasteiger charge is 2.36. The van der Waals surface area contributed by atoms with E-state index in [-0.39, 0.29) is 38.0 Å². The van der Waals surface area contributed by atoms with Crippen LogP contribution in [-0.2, 0) is 6.54 Å². The maximum atomic E-state index is 13.1. The first kappa shape index (κ1) is 15.7. The number of nitrogens with zero attached hydrogens (tertiary/aromatic N) is 4. The predicted octanol–water partition coefficient (Wildman–Crippen LogP) is 2.19. The molecule has 0 spiro atoms. The molecule has 6 nitrogen and oxygen atoms in total. The van der Waals surface area contributed by atoms with Crippen LogP contribution in [-0.4, -0.2) is 44.7 Å². The molecule has 0 radical (unpaired) electrons. The number of carbonyl (C=O) groups is 1. The fourth-order valence-electron chi connectivity index (χ4n) is 2.41. The average Bonchev–Trinajstić information content (AvgIpc) is 2.92. The van der Waals surface area contributed by atoms with Crippen LogP contribution >= 0.6 is 0 Å². The van der Waals surface area contributed by atoms with Gasteiger partial charge >= 0.3 is 6.03 Å². The van der Waals surface area contributed by atoms with Gasteiger partial charge in [0.05, 0.1) is 6.04 Å². The molecule has 1 fully saturated rings. The molecule has 0 saturated carbocycles. The Kier molecular flexibility index (Phi) is 4.74. The second-order valence-corrected chi connectivity index (χ2v) is 5.19. The van der Waals surface area contributed by atoms with E-state index in [0.29, 0.717) is 18.8 Å². The van der Waals surface area contributed by atoms with E-state index in [1.807, 2.05) is 13.8 Å². The molecule has 1 saturated heterocycles. The second-order valence-electron chi connectivity index (χ2n) is 5.19. The van der Waals surface area contributed by atoms with E-state index in [2.05, 4.69) is 15.4 Å². The van der Waals surface area contributed by atoms with Crippen molar-refractivity contribution in [2.45, 2.75) is 51.6 Å². The van der Waals surface area contributed by atoms with Crippen LogP contribution in [0.3, 0.4) is 0 Å². The summed E-state index contributed by atoms with van der Waals surface area (Å²) in [6.07, 6.45) is 1.56. The van der Waals surface area contributed by atoms with Crippen LogP contribution in [0.2, 0.25) is 0 Å². The Labute approximate surface area is 122 Å². The molecule has 118 valence electrons. The maximum absolute atomic E-state index is 13.1. The molecule has 21 heavy (non-hydrogen) atoms. The van der Waals surface area contributed by atoms with Crippen LogP contribution in [0.25, 0.3) is 0 Å². The molecular weight excluding hydrogens is 280 g/mol. The van der Waals surface area contributed by atoms with Gasteiger partial charge in [0.2, 0.25) is 0 Å². The lowest BCUT2D eigenvalue weighted by molar-refractivity contribution is -0.0471. The molecule has 1 aliphatic heterocycles. The number of aromatic nitrogens is 3. The van der Waals surface area contributed by atoms with Gasteiger partial charge in [-0.1, -0.05) is 6.92 Å². The minimum atomic E-state index is -2.65. The summed E-state index contributed by atoms with van der Waals surface area (Å²) in [6.45, 7) is 4.70. The number of hydrogen-bond acceptors (Lipinski definition) is 3. The van der Waals surface area contributed by atoms with Crippen LogP contribution in [0.1, 0.15) is 45.0 Å². The molecule has 0 aliphatic carbocycles. The van der Waals surface area contributed by atoms with Crippen molar-refractivity contribution < 1.29 is 13.6 Å². The number of piperidine rings is 1. The number of likely N-dealkylation sites (tertiary alicyclic amines) is 1. The molecule has 0 unspecified atom stereocenters. The highest BCUT2D eigenvalue weighted by Crippen LogP contribution is 2.27. The number of urea groups is 1. The van der Waals surface area contributed by atoms with Crippen molar-refractivity contribution in [2.24, 2.45) is 0 Å². The minimum Gasteiger partial charge on any atom is -0.328 e. The Morgan fingerprint density at radius 2 is 2.10 bits per heavy atom. The van der Waals surface area contributed by atoms with Crippen molar-refractivity contribution in [3.05, 3.63) is 12.2 Å². The number of aryl methyl sites for hydroxylation is 1. The van der Waals surface area contributed by atoms with Crippen LogP contribution in [0.5, 0.6) is 0 Å². The van der Waals surface area contributed by atoms with E-state index < -0.39 is 5.92 Å². The number of alkyl halides is 2. The summed E-state index contributed by atoms with van der Waals surface area (Å²) in [7, 11) is 0. The third kappa shape index (κ3) is 3.68. The Bertz CT molecular complexity index is 481. The zero-order valence-corrected chi connectivity index (χ0v) is 12.4. The lowest BCUT2D eigenvalue weighted by Gasteiger charge is -2.32. The van der Waals surface area contributed by atoms with Gasteiger partial charge in [0.1, 0.15) is 12.2 Å². The van der Waals surface area contributed by atoms with Gasteiger partial charge in [-0.25, -0.2) is 23.2 Å². The van der Waals surface area contributed by atoms with Crippen LogP contribution in [0.15, 0.2) is 6.33 Å². The number of halogens is 2. The van der Waals surface area contributed by atoms with E-state index in [9.17, 15) is 13.6 Å². The maximum Gasteiger partial charge on any atom is 0.317 e. The summed E-state index contributed by atoms with van der Waals surface area (Å²) in [5, 5.41) is 6.94. The third-order valence-electron chi connectivity index (χ3n) is 3.74. The molecule has 1 atom stereocenters.